The van der Waals surface area contributed by atoms with Crippen molar-refractivity contribution in [3.63, 3.8) is 0 Å². The fourth-order valence-corrected chi connectivity index (χ4v) is 1.12. The Labute approximate surface area is 82.7 Å². The molecule has 4 nitrogen and oxygen atoms in total. The zero-order chi connectivity index (χ0) is 11.6. The zero-order valence-electron chi connectivity index (χ0n) is 7.38. The number of hydrogen-bond donors (Lipinski definition) is 3. The molecule has 0 aliphatic carbocycles. The second kappa shape index (κ2) is 3.95. The van der Waals surface area contributed by atoms with Crippen LogP contribution in [0.5, 0.6) is 11.5 Å². The van der Waals surface area contributed by atoms with Crippen molar-refractivity contribution in [1.82, 2.24) is 0 Å². The molecule has 0 fully saturated rings. The van der Waals surface area contributed by atoms with Gasteiger partial charge in [0.25, 0.3) is 0 Å². The van der Waals surface area contributed by atoms with Gasteiger partial charge < -0.3 is 10.2 Å². The molecule has 15 heavy (non-hydrogen) atoms. The molecule has 0 atom stereocenters. The molecule has 0 aliphatic heterocycles. The Morgan fingerprint density at radius 3 is 2.33 bits per heavy atom. The maximum Gasteiger partial charge on any atom is 0.416 e. The molecule has 0 saturated carbocycles. The Morgan fingerprint density at radius 1 is 1.27 bits per heavy atom. The van der Waals surface area contributed by atoms with Crippen molar-refractivity contribution in [2.75, 3.05) is 0 Å². The monoisotopic (exact) mass is 223 g/mol. The molecule has 0 spiro atoms. The van der Waals surface area contributed by atoms with E-state index in [1.165, 1.54) is 0 Å². The molecule has 4 N–H and O–H groups in total. The third-order valence-corrected chi connectivity index (χ3v) is 1.79. The van der Waals surface area contributed by atoms with Crippen LogP contribution in [0.3, 0.4) is 0 Å². The zero-order valence-corrected chi connectivity index (χ0v) is 7.38. The quantitative estimate of drug-likeness (QED) is 0.524. The number of aromatic hydroxyl groups is 2. The third-order valence-electron chi connectivity index (χ3n) is 1.79. The van der Waals surface area contributed by atoms with Crippen molar-refractivity contribution in [1.29, 1.82) is 0 Å². The summed E-state index contributed by atoms with van der Waals surface area (Å²) in [5, 5.41) is 18.2. The lowest BCUT2D eigenvalue weighted by Crippen LogP contribution is -2.11. The van der Waals surface area contributed by atoms with Crippen molar-refractivity contribution in [3.05, 3.63) is 23.3 Å². The first-order chi connectivity index (χ1) is 6.88. The second-order valence-electron chi connectivity index (χ2n) is 2.77. The van der Waals surface area contributed by atoms with Crippen LogP contribution in [0.4, 0.5) is 13.2 Å². The summed E-state index contributed by atoms with van der Waals surface area (Å²) in [6.07, 6.45) is -4.64. The number of phenolic OH excluding ortho intramolecular Hbond substituents is 2. The minimum Gasteiger partial charge on any atom is -0.504 e. The maximum atomic E-state index is 12.4. The molecular formula is C8H8F3NO3. The molecule has 0 aromatic heterocycles. The van der Waals surface area contributed by atoms with Gasteiger partial charge in [-0.25, -0.2) is 5.90 Å². The fourth-order valence-electron chi connectivity index (χ4n) is 1.12. The summed E-state index contributed by atoms with van der Waals surface area (Å²) >= 11 is 0. The normalized spacial score (nSPS) is 11.7. The average Bonchev–Trinajstić information content (AvgIpc) is 2.11. The molecular weight excluding hydrogens is 215 g/mol. The van der Waals surface area contributed by atoms with E-state index in [2.05, 4.69) is 10.7 Å². The molecule has 0 amide bonds. The van der Waals surface area contributed by atoms with Crippen LogP contribution in [0, 0.1) is 0 Å². The number of nitrogens with two attached hydrogens (primary N) is 1. The number of phenols is 2. The summed E-state index contributed by atoms with van der Waals surface area (Å²) < 4.78 is 37.2. The summed E-state index contributed by atoms with van der Waals surface area (Å²) in [4.78, 5) is 4.03. The van der Waals surface area contributed by atoms with E-state index in [4.69, 9.17) is 5.11 Å². The summed E-state index contributed by atoms with van der Waals surface area (Å²) in [5.41, 5.74) is -1.69. The third kappa shape index (κ3) is 2.31. The van der Waals surface area contributed by atoms with Gasteiger partial charge in [-0.15, -0.1) is 0 Å². The fraction of sp³-hybridized carbons (Fsp3) is 0.250. The first kappa shape index (κ1) is 11.6. The topological polar surface area (TPSA) is 75.7 Å². The van der Waals surface area contributed by atoms with Crippen LogP contribution in [0.1, 0.15) is 11.1 Å². The van der Waals surface area contributed by atoms with Crippen molar-refractivity contribution in [3.8, 4) is 11.5 Å². The van der Waals surface area contributed by atoms with E-state index in [0.717, 1.165) is 6.07 Å². The number of hydrogen-bond acceptors (Lipinski definition) is 4. The van der Waals surface area contributed by atoms with Gasteiger partial charge in [0.2, 0.25) is 0 Å². The number of benzene rings is 1. The Morgan fingerprint density at radius 2 is 1.87 bits per heavy atom. The van der Waals surface area contributed by atoms with Crippen LogP contribution in [-0.4, -0.2) is 10.2 Å². The van der Waals surface area contributed by atoms with Crippen molar-refractivity contribution in [2.45, 2.75) is 12.8 Å². The highest BCUT2D eigenvalue weighted by atomic mass is 19.4. The van der Waals surface area contributed by atoms with Crippen LogP contribution >= 0.6 is 0 Å². The van der Waals surface area contributed by atoms with Crippen molar-refractivity contribution < 1.29 is 28.2 Å². The van der Waals surface area contributed by atoms with Crippen LogP contribution in [0.2, 0.25) is 0 Å². The van der Waals surface area contributed by atoms with E-state index in [9.17, 15) is 18.3 Å². The summed E-state index contributed by atoms with van der Waals surface area (Å²) in [5.74, 6) is 3.09. The van der Waals surface area contributed by atoms with Gasteiger partial charge in [-0.1, -0.05) is 0 Å². The lowest BCUT2D eigenvalue weighted by atomic mass is 10.1. The Kier molecular flexibility index (Phi) is 3.06. The lowest BCUT2D eigenvalue weighted by Gasteiger charge is -2.13. The molecule has 0 heterocycles. The molecule has 84 valence electrons. The standard InChI is InChI=1S/C8H8F3NO3/c9-8(10,11)5-1-2-6(13)7(14)4(5)3-15-12/h1-2,13-14H,3,12H2. The van der Waals surface area contributed by atoms with Gasteiger partial charge in [0, 0.05) is 5.56 Å². The van der Waals surface area contributed by atoms with Gasteiger partial charge in [-0.3, -0.25) is 4.84 Å². The maximum absolute atomic E-state index is 12.4. The summed E-state index contributed by atoms with van der Waals surface area (Å²) in [7, 11) is 0. The van der Waals surface area contributed by atoms with Gasteiger partial charge in [0.1, 0.15) is 0 Å². The predicted molar refractivity (Wildman–Crippen MR) is 43.8 cm³/mol. The average molecular weight is 223 g/mol. The van der Waals surface area contributed by atoms with E-state index in [1.807, 2.05) is 0 Å². The van der Waals surface area contributed by atoms with E-state index < -0.39 is 35.4 Å². The second-order valence-corrected chi connectivity index (χ2v) is 2.77. The van der Waals surface area contributed by atoms with Crippen LogP contribution in [-0.2, 0) is 17.6 Å². The highest BCUT2D eigenvalue weighted by Crippen LogP contribution is 2.39. The highest BCUT2D eigenvalue weighted by Gasteiger charge is 2.35. The molecule has 1 aromatic carbocycles. The first-order valence-electron chi connectivity index (χ1n) is 3.80. The SMILES string of the molecule is NOCc1c(C(F)(F)F)ccc(O)c1O. The molecule has 0 saturated heterocycles. The Balaban J connectivity index is 3.33. The van der Waals surface area contributed by atoms with E-state index >= 15 is 0 Å². The Bertz CT molecular complexity index is 365. The molecule has 0 unspecified atom stereocenters. The number of rotatable bonds is 2. The Hall–Kier alpha value is -1.47. The van der Waals surface area contributed by atoms with Gasteiger partial charge in [0.05, 0.1) is 12.2 Å². The largest absolute Gasteiger partial charge is 0.504 e. The van der Waals surface area contributed by atoms with Crippen LogP contribution < -0.4 is 5.90 Å². The molecule has 1 rings (SSSR count). The van der Waals surface area contributed by atoms with Gasteiger partial charge in [0.15, 0.2) is 11.5 Å². The van der Waals surface area contributed by atoms with Gasteiger partial charge in [-0.05, 0) is 12.1 Å². The lowest BCUT2D eigenvalue weighted by molar-refractivity contribution is -0.139. The van der Waals surface area contributed by atoms with Crippen LogP contribution in [0.15, 0.2) is 12.1 Å². The van der Waals surface area contributed by atoms with E-state index in [0.29, 0.717) is 6.07 Å². The van der Waals surface area contributed by atoms with E-state index in [-0.39, 0.29) is 0 Å². The van der Waals surface area contributed by atoms with Crippen molar-refractivity contribution >= 4 is 0 Å². The van der Waals surface area contributed by atoms with E-state index in [1.54, 1.807) is 0 Å². The number of halogens is 3. The van der Waals surface area contributed by atoms with Gasteiger partial charge >= 0.3 is 6.18 Å². The predicted octanol–water partition coefficient (Wildman–Crippen LogP) is 1.51. The highest BCUT2D eigenvalue weighted by molar-refractivity contribution is 5.49. The smallest absolute Gasteiger partial charge is 0.416 e. The minimum absolute atomic E-state index is 0.593. The summed E-state index contributed by atoms with van der Waals surface area (Å²) in [6, 6.07) is 1.39. The minimum atomic E-state index is -4.64. The molecule has 0 aliphatic rings. The number of alkyl halides is 3. The summed E-state index contributed by atoms with van der Waals surface area (Å²) in [6.45, 7) is -0.644. The van der Waals surface area contributed by atoms with Crippen molar-refractivity contribution in [2.24, 2.45) is 5.90 Å². The van der Waals surface area contributed by atoms with Gasteiger partial charge in [-0.2, -0.15) is 13.2 Å². The first-order valence-corrected chi connectivity index (χ1v) is 3.80. The molecule has 0 radical (unpaired) electrons. The molecule has 1 aromatic rings. The molecule has 0 bridgehead atoms. The molecule has 7 heteroatoms. The van der Waals surface area contributed by atoms with Crippen LogP contribution in [0.25, 0.3) is 0 Å².